The zero-order valence-electron chi connectivity index (χ0n) is 8.78. The van der Waals surface area contributed by atoms with Gasteiger partial charge in [-0.05, 0) is 26.4 Å². The fourth-order valence-corrected chi connectivity index (χ4v) is 2.26. The van der Waals surface area contributed by atoms with Gasteiger partial charge < -0.3 is 4.90 Å². The molecule has 0 aromatic carbocycles. The number of carbonyl (C=O) groups excluding carboxylic acids is 1. The summed E-state index contributed by atoms with van der Waals surface area (Å²) in [6.07, 6.45) is 2.19. The summed E-state index contributed by atoms with van der Waals surface area (Å²) in [5.41, 5.74) is 0. The molecule has 4 nitrogen and oxygen atoms in total. The second-order valence-corrected chi connectivity index (χ2v) is 4.13. The van der Waals surface area contributed by atoms with Crippen molar-refractivity contribution in [3.63, 3.8) is 0 Å². The smallest absolute Gasteiger partial charge is 0.240 e. The highest BCUT2D eigenvalue weighted by Gasteiger charge is 2.31. The minimum Gasteiger partial charge on any atom is -0.339 e. The monoisotopic (exact) mass is 196 g/mol. The SMILES string of the molecule is CN1CCC[C@H]1C(=O)N1CC[N]CC1. The summed E-state index contributed by atoms with van der Waals surface area (Å²) in [6, 6.07) is 0.146. The molecule has 2 aliphatic rings. The van der Waals surface area contributed by atoms with Crippen molar-refractivity contribution in [3.8, 4) is 0 Å². The zero-order chi connectivity index (χ0) is 9.97. The molecule has 0 spiro atoms. The van der Waals surface area contributed by atoms with E-state index in [-0.39, 0.29) is 6.04 Å². The Bertz CT molecular complexity index is 213. The van der Waals surface area contributed by atoms with Gasteiger partial charge in [-0.25, -0.2) is 5.32 Å². The lowest BCUT2D eigenvalue weighted by Gasteiger charge is -2.31. The predicted octanol–water partition coefficient (Wildman–Crippen LogP) is -0.473. The van der Waals surface area contributed by atoms with Gasteiger partial charge in [0.1, 0.15) is 0 Å². The van der Waals surface area contributed by atoms with E-state index in [2.05, 4.69) is 10.2 Å². The molecule has 0 saturated carbocycles. The molecular weight excluding hydrogens is 178 g/mol. The third kappa shape index (κ3) is 1.91. The lowest BCUT2D eigenvalue weighted by Crippen LogP contribution is -2.50. The summed E-state index contributed by atoms with van der Waals surface area (Å²) < 4.78 is 0. The first kappa shape index (κ1) is 9.93. The van der Waals surface area contributed by atoms with E-state index in [4.69, 9.17) is 0 Å². The van der Waals surface area contributed by atoms with E-state index < -0.39 is 0 Å². The highest BCUT2D eigenvalue weighted by Crippen LogP contribution is 2.17. The molecule has 0 aromatic heterocycles. The minimum atomic E-state index is 0.146. The number of rotatable bonds is 1. The lowest BCUT2D eigenvalue weighted by molar-refractivity contribution is -0.136. The Kier molecular flexibility index (Phi) is 3.03. The minimum absolute atomic E-state index is 0.146. The molecule has 0 unspecified atom stereocenters. The third-order valence-corrected chi connectivity index (χ3v) is 3.17. The van der Waals surface area contributed by atoms with E-state index in [1.807, 2.05) is 11.9 Å². The van der Waals surface area contributed by atoms with Crippen molar-refractivity contribution in [3.05, 3.63) is 0 Å². The maximum atomic E-state index is 12.1. The van der Waals surface area contributed by atoms with Crippen LogP contribution in [-0.4, -0.2) is 61.5 Å². The molecule has 0 aliphatic carbocycles. The highest BCUT2D eigenvalue weighted by atomic mass is 16.2. The molecule has 1 radical (unpaired) electrons. The van der Waals surface area contributed by atoms with Gasteiger partial charge in [-0.2, -0.15) is 0 Å². The van der Waals surface area contributed by atoms with Gasteiger partial charge in [-0.1, -0.05) is 0 Å². The number of likely N-dealkylation sites (tertiary alicyclic amines) is 1. The number of piperazine rings is 1. The summed E-state index contributed by atoms with van der Waals surface area (Å²) >= 11 is 0. The van der Waals surface area contributed by atoms with Crippen molar-refractivity contribution < 1.29 is 4.79 Å². The first-order valence-electron chi connectivity index (χ1n) is 5.41. The van der Waals surface area contributed by atoms with Crippen LogP contribution in [0.25, 0.3) is 0 Å². The number of likely N-dealkylation sites (N-methyl/N-ethyl adjacent to an activating group) is 1. The van der Waals surface area contributed by atoms with Crippen molar-refractivity contribution >= 4 is 5.91 Å². The van der Waals surface area contributed by atoms with Gasteiger partial charge in [0.2, 0.25) is 5.91 Å². The Labute approximate surface area is 85.2 Å². The molecule has 0 N–H and O–H groups in total. The van der Waals surface area contributed by atoms with Gasteiger partial charge in [-0.3, -0.25) is 9.69 Å². The molecule has 1 amide bonds. The van der Waals surface area contributed by atoms with Crippen LogP contribution in [0.15, 0.2) is 0 Å². The molecule has 2 rings (SSSR count). The largest absolute Gasteiger partial charge is 0.339 e. The zero-order valence-corrected chi connectivity index (χ0v) is 8.78. The van der Waals surface area contributed by atoms with Crippen LogP contribution < -0.4 is 5.32 Å². The molecule has 0 aromatic rings. The average Bonchev–Trinajstić information content (AvgIpc) is 2.65. The second-order valence-electron chi connectivity index (χ2n) is 4.13. The van der Waals surface area contributed by atoms with Crippen LogP contribution in [0.5, 0.6) is 0 Å². The van der Waals surface area contributed by atoms with Crippen LogP contribution in [0, 0.1) is 0 Å². The first-order chi connectivity index (χ1) is 6.79. The van der Waals surface area contributed by atoms with E-state index in [1.54, 1.807) is 0 Å². The molecule has 0 bridgehead atoms. The van der Waals surface area contributed by atoms with Gasteiger partial charge >= 0.3 is 0 Å². The van der Waals surface area contributed by atoms with Gasteiger partial charge in [0.25, 0.3) is 0 Å². The molecule has 2 heterocycles. The number of hydrogen-bond donors (Lipinski definition) is 0. The highest BCUT2D eigenvalue weighted by molar-refractivity contribution is 5.82. The fraction of sp³-hybridized carbons (Fsp3) is 0.900. The van der Waals surface area contributed by atoms with E-state index in [1.165, 1.54) is 0 Å². The van der Waals surface area contributed by atoms with Crippen LogP contribution in [0.2, 0.25) is 0 Å². The molecule has 2 aliphatic heterocycles. The van der Waals surface area contributed by atoms with Gasteiger partial charge in [0.05, 0.1) is 6.04 Å². The summed E-state index contributed by atoms with van der Waals surface area (Å²) in [6.45, 7) is 4.35. The van der Waals surface area contributed by atoms with Gasteiger partial charge in [0.15, 0.2) is 0 Å². The van der Waals surface area contributed by atoms with Crippen molar-refractivity contribution in [2.75, 3.05) is 39.8 Å². The normalized spacial score (nSPS) is 29.5. The number of amides is 1. The van der Waals surface area contributed by atoms with E-state index in [9.17, 15) is 4.79 Å². The quantitative estimate of drug-likeness (QED) is 0.568. The number of carbonyl (C=O) groups is 1. The lowest BCUT2D eigenvalue weighted by atomic mass is 10.2. The van der Waals surface area contributed by atoms with Crippen LogP contribution in [0.4, 0.5) is 0 Å². The van der Waals surface area contributed by atoms with Gasteiger partial charge in [-0.15, -0.1) is 0 Å². The fourth-order valence-electron chi connectivity index (χ4n) is 2.26. The van der Waals surface area contributed by atoms with E-state index in [0.717, 1.165) is 45.6 Å². The molecule has 2 fully saturated rings. The molecule has 14 heavy (non-hydrogen) atoms. The standard InChI is InChI=1S/C10H18N3O/c1-12-6-2-3-9(12)10(14)13-7-4-11-5-8-13/h9H,2-8H2,1H3/t9-/m0/s1. The van der Waals surface area contributed by atoms with Crippen LogP contribution >= 0.6 is 0 Å². The van der Waals surface area contributed by atoms with Crippen molar-refractivity contribution in [1.82, 2.24) is 15.1 Å². The number of nitrogens with zero attached hydrogens (tertiary/aromatic N) is 3. The van der Waals surface area contributed by atoms with E-state index >= 15 is 0 Å². The Morgan fingerprint density at radius 2 is 2.00 bits per heavy atom. The van der Waals surface area contributed by atoms with Gasteiger partial charge in [0, 0.05) is 26.2 Å². The van der Waals surface area contributed by atoms with Crippen LogP contribution in [0.3, 0.4) is 0 Å². The molecule has 2 saturated heterocycles. The summed E-state index contributed by atoms with van der Waals surface area (Å²) in [4.78, 5) is 16.2. The third-order valence-electron chi connectivity index (χ3n) is 3.17. The maximum Gasteiger partial charge on any atom is 0.240 e. The van der Waals surface area contributed by atoms with Crippen molar-refractivity contribution in [2.45, 2.75) is 18.9 Å². The predicted molar refractivity (Wildman–Crippen MR) is 54.1 cm³/mol. The van der Waals surface area contributed by atoms with E-state index in [0.29, 0.717) is 5.91 Å². The number of hydrogen-bond acceptors (Lipinski definition) is 2. The summed E-state index contributed by atoms with van der Waals surface area (Å²) in [5, 5.41) is 4.25. The summed E-state index contributed by atoms with van der Waals surface area (Å²) in [7, 11) is 2.05. The Morgan fingerprint density at radius 1 is 1.29 bits per heavy atom. The molecule has 4 heteroatoms. The molecule has 79 valence electrons. The average molecular weight is 196 g/mol. The van der Waals surface area contributed by atoms with Crippen LogP contribution in [-0.2, 0) is 4.79 Å². The second kappa shape index (κ2) is 4.28. The summed E-state index contributed by atoms with van der Waals surface area (Å²) in [5.74, 6) is 0.319. The first-order valence-corrected chi connectivity index (χ1v) is 5.41. The molecule has 1 atom stereocenters. The topological polar surface area (TPSA) is 37.7 Å². The molecular formula is C10H18N3O. The Balaban J connectivity index is 1.92. The van der Waals surface area contributed by atoms with Crippen molar-refractivity contribution in [1.29, 1.82) is 0 Å². The maximum absolute atomic E-state index is 12.1. The Morgan fingerprint density at radius 3 is 2.57 bits per heavy atom. The Hall–Kier alpha value is -0.610. The van der Waals surface area contributed by atoms with Crippen molar-refractivity contribution in [2.24, 2.45) is 0 Å². The van der Waals surface area contributed by atoms with Crippen LogP contribution in [0.1, 0.15) is 12.8 Å².